The normalized spacial score (nSPS) is 15.1. The van der Waals surface area contributed by atoms with E-state index in [4.69, 9.17) is 0 Å². The van der Waals surface area contributed by atoms with Crippen molar-refractivity contribution in [2.45, 2.75) is 65.0 Å². The Hall–Kier alpha value is -1.36. The average Bonchev–Trinajstić information content (AvgIpc) is 2.68. The van der Waals surface area contributed by atoms with Gasteiger partial charge in [-0.3, -0.25) is 14.8 Å². The van der Waals surface area contributed by atoms with Gasteiger partial charge in [-0.15, -0.1) is 0 Å². The molecule has 0 spiro atoms. The minimum Gasteiger partial charge on any atom is -0.480 e. The third kappa shape index (κ3) is 3.82. The van der Waals surface area contributed by atoms with Crippen LogP contribution in [0.4, 0.5) is 0 Å². The number of carboxylic acid groups (broad SMARTS) is 1. The second-order valence-corrected chi connectivity index (χ2v) is 6.67. The molecule has 0 bridgehead atoms. The molecule has 5 nitrogen and oxygen atoms in total. The molecule has 1 aromatic rings. The number of nitrogens with one attached hydrogen (secondary N) is 1. The molecule has 0 fully saturated rings. The molecule has 1 aromatic heterocycles. The summed E-state index contributed by atoms with van der Waals surface area (Å²) in [7, 11) is 1.89. The lowest BCUT2D eigenvalue weighted by atomic mass is 9.89. The van der Waals surface area contributed by atoms with Gasteiger partial charge in [0.2, 0.25) is 0 Å². The van der Waals surface area contributed by atoms with E-state index in [1.807, 2.05) is 20.2 Å². The van der Waals surface area contributed by atoms with Crippen LogP contribution >= 0.6 is 0 Å². The van der Waals surface area contributed by atoms with E-state index in [-0.39, 0.29) is 5.41 Å². The SMILES string of the molecule is CCCC(C)(NCc1cn(C)nc1C(C)(C)C)C(=O)O. The third-order valence-electron chi connectivity index (χ3n) is 3.51. The molecule has 0 aliphatic rings. The van der Waals surface area contributed by atoms with Crippen LogP contribution in [0.1, 0.15) is 58.7 Å². The minimum atomic E-state index is -0.889. The Morgan fingerprint density at radius 2 is 2.00 bits per heavy atom. The highest BCUT2D eigenvalue weighted by molar-refractivity contribution is 5.78. The van der Waals surface area contributed by atoms with Crippen LogP contribution in [0.2, 0.25) is 0 Å². The van der Waals surface area contributed by atoms with Gasteiger partial charge in [-0.1, -0.05) is 34.1 Å². The Bertz CT molecular complexity index is 474. The van der Waals surface area contributed by atoms with Gasteiger partial charge in [0.1, 0.15) is 5.54 Å². The van der Waals surface area contributed by atoms with Crippen LogP contribution in [0, 0.1) is 0 Å². The maximum atomic E-state index is 11.4. The van der Waals surface area contributed by atoms with Crippen molar-refractivity contribution >= 4 is 5.97 Å². The summed E-state index contributed by atoms with van der Waals surface area (Å²) in [4.78, 5) is 11.4. The highest BCUT2D eigenvalue weighted by Gasteiger charge is 2.32. The Morgan fingerprint density at radius 1 is 1.40 bits per heavy atom. The van der Waals surface area contributed by atoms with Gasteiger partial charge in [-0.2, -0.15) is 5.10 Å². The maximum absolute atomic E-state index is 11.4. The largest absolute Gasteiger partial charge is 0.480 e. The molecule has 1 rings (SSSR count). The number of hydrogen-bond acceptors (Lipinski definition) is 3. The zero-order valence-corrected chi connectivity index (χ0v) is 13.4. The molecule has 2 N–H and O–H groups in total. The molecule has 1 atom stereocenters. The smallest absolute Gasteiger partial charge is 0.323 e. The van der Waals surface area contributed by atoms with Crippen molar-refractivity contribution in [3.05, 3.63) is 17.5 Å². The molecule has 0 saturated heterocycles. The summed E-state index contributed by atoms with van der Waals surface area (Å²) in [5.74, 6) is -0.805. The first kappa shape index (κ1) is 16.7. The molecule has 114 valence electrons. The summed E-state index contributed by atoms with van der Waals surface area (Å²) < 4.78 is 1.79. The molecule has 0 radical (unpaired) electrons. The number of aliphatic carboxylic acids is 1. The number of carbonyl (C=O) groups is 1. The molecule has 5 heteroatoms. The van der Waals surface area contributed by atoms with Crippen molar-refractivity contribution in [3.63, 3.8) is 0 Å². The Morgan fingerprint density at radius 3 is 2.45 bits per heavy atom. The number of carboxylic acids is 1. The molecule has 1 unspecified atom stereocenters. The molecular weight excluding hydrogens is 254 g/mol. The minimum absolute atomic E-state index is 0.0529. The highest BCUT2D eigenvalue weighted by Crippen LogP contribution is 2.25. The van der Waals surface area contributed by atoms with E-state index in [0.29, 0.717) is 13.0 Å². The number of aryl methyl sites for hydroxylation is 1. The maximum Gasteiger partial charge on any atom is 0.323 e. The number of rotatable bonds is 6. The van der Waals surface area contributed by atoms with Crippen molar-refractivity contribution < 1.29 is 9.90 Å². The van der Waals surface area contributed by atoms with Gasteiger partial charge >= 0.3 is 5.97 Å². The molecular formula is C15H27N3O2. The first-order chi connectivity index (χ1) is 9.10. The predicted molar refractivity (Wildman–Crippen MR) is 79.7 cm³/mol. The van der Waals surface area contributed by atoms with E-state index in [9.17, 15) is 9.90 Å². The van der Waals surface area contributed by atoms with E-state index in [1.54, 1.807) is 11.6 Å². The lowest BCUT2D eigenvalue weighted by molar-refractivity contribution is -0.144. The standard InChI is InChI=1S/C15H27N3O2/c1-7-8-15(5,13(19)20)16-9-11-10-18(6)17-12(11)14(2,3)4/h10,16H,7-9H2,1-6H3,(H,19,20). The van der Waals surface area contributed by atoms with Crippen LogP contribution in [-0.2, 0) is 23.8 Å². The molecule has 0 amide bonds. The van der Waals surface area contributed by atoms with Gasteiger partial charge in [0, 0.05) is 30.8 Å². The molecule has 0 aromatic carbocycles. The Balaban J connectivity index is 2.92. The molecule has 0 aliphatic heterocycles. The topological polar surface area (TPSA) is 67.2 Å². The van der Waals surface area contributed by atoms with Crippen LogP contribution in [0.5, 0.6) is 0 Å². The summed E-state index contributed by atoms with van der Waals surface area (Å²) in [6.07, 6.45) is 3.39. The third-order valence-corrected chi connectivity index (χ3v) is 3.51. The Kier molecular flexibility index (Phi) is 4.97. The van der Waals surface area contributed by atoms with Crippen LogP contribution in [0.3, 0.4) is 0 Å². The number of aromatic nitrogens is 2. The lowest BCUT2D eigenvalue weighted by Crippen LogP contribution is -2.49. The Labute approximate surface area is 121 Å². The van der Waals surface area contributed by atoms with Gasteiger partial charge in [0.15, 0.2) is 0 Å². The second-order valence-electron chi connectivity index (χ2n) is 6.67. The fourth-order valence-electron chi connectivity index (χ4n) is 2.36. The van der Waals surface area contributed by atoms with Gasteiger partial charge < -0.3 is 5.11 Å². The molecule has 0 saturated carbocycles. The van der Waals surface area contributed by atoms with Crippen molar-refractivity contribution in [2.75, 3.05) is 0 Å². The second kappa shape index (κ2) is 5.95. The van der Waals surface area contributed by atoms with Crippen LogP contribution in [0.15, 0.2) is 6.20 Å². The van der Waals surface area contributed by atoms with Gasteiger partial charge in [-0.25, -0.2) is 0 Å². The van der Waals surface area contributed by atoms with Crippen LogP contribution in [-0.4, -0.2) is 26.4 Å². The van der Waals surface area contributed by atoms with Gasteiger partial charge in [0.25, 0.3) is 0 Å². The quantitative estimate of drug-likeness (QED) is 0.840. The summed E-state index contributed by atoms with van der Waals surface area (Å²) in [6, 6.07) is 0. The molecule has 0 aliphatic carbocycles. The number of nitrogens with zero attached hydrogens (tertiary/aromatic N) is 2. The summed E-state index contributed by atoms with van der Waals surface area (Å²) >= 11 is 0. The summed E-state index contributed by atoms with van der Waals surface area (Å²) in [6.45, 7) is 10.6. The average molecular weight is 281 g/mol. The van der Waals surface area contributed by atoms with Crippen molar-refractivity contribution in [1.82, 2.24) is 15.1 Å². The van der Waals surface area contributed by atoms with Crippen LogP contribution in [0.25, 0.3) is 0 Å². The fraction of sp³-hybridized carbons (Fsp3) is 0.733. The monoisotopic (exact) mass is 281 g/mol. The van der Waals surface area contributed by atoms with E-state index >= 15 is 0 Å². The van der Waals surface area contributed by atoms with Gasteiger partial charge in [0.05, 0.1) is 5.69 Å². The summed E-state index contributed by atoms with van der Waals surface area (Å²) in [5.41, 5.74) is 1.13. The van der Waals surface area contributed by atoms with Crippen molar-refractivity contribution in [1.29, 1.82) is 0 Å². The zero-order valence-electron chi connectivity index (χ0n) is 13.4. The van der Waals surface area contributed by atoms with E-state index in [2.05, 4.69) is 31.2 Å². The predicted octanol–water partition coefficient (Wildman–Crippen LogP) is 2.45. The first-order valence-electron chi connectivity index (χ1n) is 7.11. The zero-order chi connectivity index (χ0) is 15.6. The first-order valence-corrected chi connectivity index (χ1v) is 7.11. The highest BCUT2D eigenvalue weighted by atomic mass is 16.4. The fourth-order valence-corrected chi connectivity index (χ4v) is 2.36. The van der Waals surface area contributed by atoms with Crippen molar-refractivity contribution in [3.8, 4) is 0 Å². The van der Waals surface area contributed by atoms with E-state index in [0.717, 1.165) is 17.7 Å². The molecule has 20 heavy (non-hydrogen) atoms. The van der Waals surface area contributed by atoms with Crippen LogP contribution < -0.4 is 5.32 Å². The number of hydrogen-bond donors (Lipinski definition) is 2. The summed E-state index contributed by atoms with van der Waals surface area (Å²) in [5, 5.41) is 17.1. The van der Waals surface area contributed by atoms with E-state index in [1.165, 1.54) is 0 Å². The van der Waals surface area contributed by atoms with Gasteiger partial charge in [-0.05, 0) is 13.3 Å². The van der Waals surface area contributed by atoms with Crippen molar-refractivity contribution in [2.24, 2.45) is 7.05 Å². The lowest BCUT2D eigenvalue weighted by Gasteiger charge is -2.26. The van der Waals surface area contributed by atoms with E-state index < -0.39 is 11.5 Å². The molecule has 1 heterocycles.